The number of nitrogens with one attached hydrogen (secondary N) is 1. The van der Waals surface area contributed by atoms with Gasteiger partial charge in [-0.1, -0.05) is 13.8 Å². The van der Waals surface area contributed by atoms with Crippen molar-refractivity contribution in [3.63, 3.8) is 0 Å². The van der Waals surface area contributed by atoms with E-state index in [1.54, 1.807) is 7.05 Å². The van der Waals surface area contributed by atoms with Gasteiger partial charge in [-0.2, -0.15) is 0 Å². The number of hydrogen-bond acceptors (Lipinski definition) is 2. The molecule has 0 bridgehead atoms. The predicted octanol–water partition coefficient (Wildman–Crippen LogP) is 1.21. The van der Waals surface area contributed by atoms with Crippen LogP contribution in [0.25, 0.3) is 0 Å². The molecule has 0 aliphatic carbocycles. The van der Waals surface area contributed by atoms with E-state index in [4.69, 9.17) is 0 Å². The molecule has 0 unspecified atom stereocenters. The Bertz CT molecular complexity index is 142. The summed E-state index contributed by atoms with van der Waals surface area (Å²) in [6.45, 7) is 4.24. The number of halogens is 1. The molecule has 4 heteroatoms. The molecule has 0 aliphatic heterocycles. The minimum Gasteiger partial charge on any atom is -0.281 e. The zero-order chi connectivity index (χ0) is 10.3. The maximum absolute atomic E-state index is 12.4. The highest BCUT2D eigenvalue weighted by atomic mass is 19.1. The van der Waals surface area contributed by atoms with Crippen molar-refractivity contribution in [2.45, 2.75) is 20.3 Å². The Morgan fingerprint density at radius 3 is 2.46 bits per heavy atom. The van der Waals surface area contributed by atoms with Crippen LogP contribution in [0.4, 0.5) is 4.39 Å². The Morgan fingerprint density at radius 1 is 1.54 bits per heavy atom. The van der Waals surface area contributed by atoms with Gasteiger partial charge in [0.05, 0.1) is 6.67 Å². The molecule has 13 heavy (non-hydrogen) atoms. The van der Waals surface area contributed by atoms with Crippen LogP contribution >= 0.6 is 0 Å². The summed E-state index contributed by atoms with van der Waals surface area (Å²) < 4.78 is 12.4. The van der Waals surface area contributed by atoms with Gasteiger partial charge in [-0.15, -0.1) is 0 Å². The van der Waals surface area contributed by atoms with Crippen molar-refractivity contribution in [2.75, 3.05) is 20.3 Å². The molecular weight excluding hydrogens is 171 g/mol. The Morgan fingerprint density at radius 2 is 2.15 bits per heavy atom. The van der Waals surface area contributed by atoms with E-state index in [9.17, 15) is 9.18 Å². The van der Waals surface area contributed by atoms with Crippen molar-refractivity contribution in [2.24, 2.45) is 11.8 Å². The lowest BCUT2D eigenvalue weighted by atomic mass is 9.94. The summed E-state index contributed by atoms with van der Waals surface area (Å²) in [6.07, 6.45) is 1.42. The quantitative estimate of drug-likeness (QED) is 0.483. The van der Waals surface area contributed by atoms with Gasteiger partial charge in [-0.3, -0.25) is 14.2 Å². The van der Waals surface area contributed by atoms with Crippen molar-refractivity contribution < 1.29 is 9.18 Å². The first-order valence-corrected chi connectivity index (χ1v) is 4.61. The minimum absolute atomic E-state index is 0.0517. The lowest BCUT2D eigenvalue weighted by molar-refractivity contribution is -0.120. The lowest BCUT2D eigenvalue weighted by Gasteiger charge is -2.21. The summed E-state index contributed by atoms with van der Waals surface area (Å²) in [6, 6.07) is 0. The fourth-order valence-corrected chi connectivity index (χ4v) is 1.11. The first-order chi connectivity index (χ1) is 6.15. The van der Waals surface area contributed by atoms with Crippen LogP contribution < -0.4 is 5.43 Å². The smallest absolute Gasteiger partial charge is 0.223 e. The summed E-state index contributed by atoms with van der Waals surface area (Å²) in [7, 11) is 1.67. The number of carbonyl (C=O) groups excluding carboxylic acids is 1. The fraction of sp³-hybridized carbons (Fsp3) is 0.889. The third-order valence-electron chi connectivity index (χ3n) is 2.30. The van der Waals surface area contributed by atoms with Gasteiger partial charge in [0.2, 0.25) is 6.41 Å². The lowest BCUT2D eigenvalue weighted by Crippen LogP contribution is -2.35. The molecule has 3 nitrogen and oxygen atoms in total. The number of hydrogen-bond donors (Lipinski definition) is 1. The first kappa shape index (κ1) is 12.4. The van der Waals surface area contributed by atoms with Gasteiger partial charge >= 0.3 is 0 Å². The summed E-state index contributed by atoms with van der Waals surface area (Å²) in [5.74, 6) is 0.381. The molecule has 0 saturated carbocycles. The number of amides is 1. The molecule has 0 aromatic heterocycles. The Hall–Kier alpha value is -0.640. The van der Waals surface area contributed by atoms with Crippen LogP contribution in [0.2, 0.25) is 0 Å². The maximum atomic E-state index is 12.4. The highest BCUT2D eigenvalue weighted by Gasteiger charge is 2.13. The normalized spacial score (nSPS) is 13.0. The van der Waals surface area contributed by atoms with Crippen LogP contribution in [-0.2, 0) is 4.79 Å². The summed E-state index contributed by atoms with van der Waals surface area (Å²) in [4.78, 5) is 10.4. The van der Waals surface area contributed by atoms with E-state index in [2.05, 4.69) is 5.43 Å². The third-order valence-corrected chi connectivity index (χ3v) is 2.30. The van der Waals surface area contributed by atoms with Crippen LogP contribution in [0, 0.1) is 11.8 Å². The van der Waals surface area contributed by atoms with E-state index in [0.717, 1.165) is 6.41 Å². The molecule has 1 atom stereocenters. The largest absolute Gasteiger partial charge is 0.281 e. The van der Waals surface area contributed by atoms with Crippen LogP contribution in [0.1, 0.15) is 20.3 Å². The van der Waals surface area contributed by atoms with Crippen LogP contribution in [-0.4, -0.2) is 31.7 Å². The van der Waals surface area contributed by atoms with Crippen molar-refractivity contribution >= 4 is 6.41 Å². The van der Waals surface area contributed by atoms with E-state index < -0.39 is 0 Å². The molecule has 0 aromatic rings. The van der Waals surface area contributed by atoms with E-state index >= 15 is 0 Å². The molecule has 0 saturated heterocycles. The monoisotopic (exact) mass is 190 g/mol. The number of hydrazine groups is 1. The second-order valence-electron chi connectivity index (χ2n) is 3.47. The number of alkyl halides is 1. The zero-order valence-corrected chi connectivity index (χ0v) is 8.59. The summed E-state index contributed by atoms with van der Waals surface area (Å²) in [5, 5.41) is 1.42. The second-order valence-corrected chi connectivity index (χ2v) is 3.47. The molecule has 0 rings (SSSR count). The Balaban J connectivity index is 3.76. The van der Waals surface area contributed by atoms with Gasteiger partial charge in [-0.25, -0.2) is 5.43 Å². The minimum atomic E-state index is -0.311. The predicted molar refractivity (Wildman–Crippen MR) is 50.7 cm³/mol. The average molecular weight is 190 g/mol. The molecule has 1 N–H and O–H groups in total. The highest BCUT2D eigenvalue weighted by Crippen LogP contribution is 2.15. The molecule has 0 fully saturated rings. The van der Waals surface area contributed by atoms with Gasteiger partial charge < -0.3 is 0 Å². The fourth-order valence-electron chi connectivity index (χ4n) is 1.11. The molecular formula is C9H19FN2O. The Labute approximate surface area is 79.3 Å². The highest BCUT2D eigenvalue weighted by molar-refractivity contribution is 5.45. The van der Waals surface area contributed by atoms with E-state index in [1.165, 1.54) is 5.01 Å². The van der Waals surface area contributed by atoms with E-state index in [0.29, 0.717) is 18.9 Å². The molecule has 0 aliphatic rings. The van der Waals surface area contributed by atoms with Gasteiger partial charge in [0.15, 0.2) is 0 Å². The number of rotatable bonds is 7. The van der Waals surface area contributed by atoms with Crippen molar-refractivity contribution in [1.29, 1.82) is 0 Å². The van der Waals surface area contributed by atoms with Gasteiger partial charge in [-0.05, 0) is 18.3 Å². The zero-order valence-electron chi connectivity index (χ0n) is 8.59. The molecule has 1 amide bonds. The molecule has 0 spiro atoms. The SMILES string of the molecule is CNN(C=O)CC[C@H](CF)C(C)C. The van der Waals surface area contributed by atoms with Crippen LogP contribution in [0.5, 0.6) is 0 Å². The average Bonchev–Trinajstić information content (AvgIpc) is 2.12. The molecule has 0 heterocycles. The molecule has 78 valence electrons. The standard InChI is InChI=1S/C9H19FN2O/c1-8(2)9(6-10)4-5-12(7-13)11-3/h7-9,11H,4-6H2,1-3H3/t9-/m1/s1. The van der Waals surface area contributed by atoms with Crippen molar-refractivity contribution in [1.82, 2.24) is 10.4 Å². The second kappa shape index (κ2) is 6.83. The van der Waals surface area contributed by atoms with Crippen LogP contribution in [0.3, 0.4) is 0 Å². The van der Waals surface area contributed by atoms with Gasteiger partial charge in [0, 0.05) is 13.6 Å². The van der Waals surface area contributed by atoms with E-state index in [-0.39, 0.29) is 12.6 Å². The van der Waals surface area contributed by atoms with E-state index in [1.807, 2.05) is 13.8 Å². The maximum Gasteiger partial charge on any atom is 0.223 e. The topological polar surface area (TPSA) is 32.3 Å². The third kappa shape index (κ3) is 4.83. The van der Waals surface area contributed by atoms with Crippen molar-refractivity contribution in [3.8, 4) is 0 Å². The summed E-state index contributed by atoms with van der Waals surface area (Å²) in [5.41, 5.74) is 2.71. The summed E-state index contributed by atoms with van der Waals surface area (Å²) >= 11 is 0. The number of carbonyl (C=O) groups is 1. The van der Waals surface area contributed by atoms with Crippen LogP contribution in [0.15, 0.2) is 0 Å². The van der Waals surface area contributed by atoms with Gasteiger partial charge in [0.25, 0.3) is 0 Å². The number of nitrogens with zero attached hydrogens (tertiary/aromatic N) is 1. The molecule has 0 aromatic carbocycles. The first-order valence-electron chi connectivity index (χ1n) is 4.61. The van der Waals surface area contributed by atoms with Crippen molar-refractivity contribution in [3.05, 3.63) is 0 Å². The van der Waals surface area contributed by atoms with Gasteiger partial charge in [0.1, 0.15) is 0 Å². The Kier molecular flexibility index (Phi) is 6.49. The molecule has 0 radical (unpaired) electrons.